The van der Waals surface area contributed by atoms with E-state index in [1.807, 2.05) is 41.1 Å². The molecule has 4 aromatic rings. The fraction of sp³-hybridized carbons (Fsp3) is 0.292. The van der Waals surface area contributed by atoms with Gasteiger partial charge in [-0.1, -0.05) is 0 Å². The average molecular weight is 456 g/mol. The van der Waals surface area contributed by atoms with E-state index in [2.05, 4.69) is 24.8 Å². The zero-order chi connectivity index (χ0) is 22.9. The van der Waals surface area contributed by atoms with Crippen molar-refractivity contribution in [2.24, 2.45) is 0 Å². The van der Waals surface area contributed by atoms with Crippen molar-refractivity contribution in [1.29, 1.82) is 0 Å². The van der Waals surface area contributed by atoms with Crippen LogP contribution in [0.4, 0.5) is 17.7 Å². The van der Waals surface area contributed by atoms with Crippen LogP contribution < -0.4 is 15.5 Å². The number of imidazole rings is 1. The number of hydrogen-bond donors (Lipinski definition) is 1. The number of ether oxygens (including phenoxy) is 1. The summed E-state index contributed by atoms with van der Waals surface area (Å²) >= 11 is 0. The summed E-state index contributed by atoms with van der Waals surface area (Å²) in [4.78, 5) is 27.5. The quantitative estimate of drug-likeness (QED) is 0.494. The second-order valence-corrected chi connectivity index (χ2v) is 8.32. The summed E-state index contributed by atoms with van der Waals surface area (Å²) in [5, 5.41) is 0. The predicted molar refractivity (Wildman–Crippen MR) is 129 cm³/mol. The van der Waals surface area contributed by atoms with Crippen molar-refractivity contribution >= 4 is 17.7 Å². The van der Waals surface area contributed by atoms with E-state index in [-0.39, 0.29) is 0 Å². The number of nitrogens with zero attached hydrogens (tertiary/aromatic N) is 8. The molecule has 34 heavy (non-hydrogen) atoms. The average Bonchev–Trinajstić information content (AvgIpc) is 3.34. The van der Waals surface area contributed by atoms with E-state index in [0.717, 1.165) is 54.8 Å². The van der Waals surface area contributed by atoms with Crippen molar-refractivity contribution in [2.75, 3.05) is 48.4 Å². The Hall–Kier alpha value is -4.05. The Kier molecular flexibility index (Phi) is 5.27. The Bertz CT molecular complexity index is 1280. The van der Waals surface area contributed by atoms with Crippen molar-refractivity contribution < 1.29 is 4.74 Å². The number of hydrogen-bond acceptors (Lipinski definition) is 9. The molecule has 1 fully saturated rings. The monoisotopic (exact) mass is 455 g/mol. The highest BCUT2D eigenvalue weighted by molar-refractivity contribution is 5.63. The van der Waals surface area contributed by atoms with Gasteiger partial charge in [0.1, 0.15) is 5.82 Å². The number of fused-ring (bicyclic) bond motifs is 1. The first-order valence-electron chi connectivity index (χ1n) is 11.4. The van der Waals surface area contributed by atoms with E-state index in [9.17, 15) is 0 Å². The van der Waals surface area contributed by atoms with Gasteiger partial charge in [0, 0.05) is 61.2 Å². The summed E-state index contributed by atoms with van der Waals surface area (Å²) in [6, 6.07) is 9.91. The Morgan fingerprint density at radius 2 is 1.65 bits per heavy atom. The van der Waals surface area contributed by atoms with Crippen LogP contribution in [0.1, 0.15) is 11.3 Å². The third-order valence-corrected chi connectivity index (χ3v) is 6.26. The molecule has 0 saturated carbocycles. The van der Waals surface area contributed by atoms with Crippen LogP contribution in [0.2, 0.25) is 0 Å². The van der Waals surface area contributed by atoms with Gasteiger partial charge in [-0.25, -0.2) is 24.9 Å². The molecule has 172 valence electrons. The molecule has 3 aromatic heterocycles. The summed E-state index contributed by atoms with van der Waals surface area (Å²) in [6.45, 7) is 4.55. The summed E-state index contributed by atoms with van der Waals surface area (Å²) < 4.78 is 7.43. The molecule has 1 saturated heterocycles. The van der Waals surface area contributed by atoms with Crippen LogP contribution in [0.15, 0.2) is 55.1 Å². The first-order valence-corrected chi connectivity index (χ1v) is 11.4. The van der Waals surface area contributed by atoms with Gasteiger partial charge in [0.2, 0.25) is 11.9 Å². The minimum Gasteiger partial charge on any atom is -0.378 e. The first-order chi connectivity index (χ1) is 16.8. The van der Waals surface area contributed by atoms with Gasteiger partial charge in [-0.3, -0.25) is 4.57 Å². The maximum atomic E-state index is 5.96. The number of aromatic nitrogens is 6. The Balaban J connectivity index is 1.39. The van der Waals surface area contributed by atoms with Crippen molar-refractivity contribution in [1.82, 2.24) is 29.5 Å². The molecule has 0 radical (unpaired) electrons. The van der Waals surface area contributed by atoms with Gasteiger partial charge >= 0.3 is 0 Å². The highest BCUT2D eigenvalue weighted by atomic mass is 16.5. The van der Waals surface area contributed by atoms with Gasteiger partial charge in [-0.2, -0.15) is 0 Å². The van der Waals surface area contributed by atoms with E-state index in [0.29, 0.717) is 31.5 Å². The number of nitrogens with two attached hydrogens (primary N) is 1. The molecule has 5 heterocycles. The highest BCUT2D eigenvalue weighted by Gasteiger charge is 2.27. The standard InChI is InChI=1S/C24H25N9O/c25-23-26-9-11-33(23)18-4-2-17(3-5-18)21-29-20-16-32(24-27-7-1-8-28-24)10-6-19(20)22(30-21)31-12-14-34-15-13-31/h1-5,7-9,11H,6,10,12-16H2,(H2,25,26). The van der Waals surface area contributed by atoms with E-state index in [1.165, 1.54) is 5.56 Å². The van der Waals surface area contributed by atoms with E-state index in [1.54, 1.807) is 18.6 Å². The minimum atomic E-state index is 0.454. The highest BCUT2D eigenvalue weighted by Crippen LogP contribution is 2.31. The summed E-state index contributed by atoms with van der Waals surface area (Å²) in [6.07, 6.45) is 7.93. The molecule has 2 aliphatic rings. The second-order valence-electron chi connectivity index (χ2n) is 8.32. The lowest BCUT2D eigenvalue weighted by Crippen LogP contribution is -2.39. The smallest absolute Gasteiger partial charge is 0.225 e. The number of benzene rings is 1. The maximum Gasteiger partial charge on any atom is 0.225 e. The van der Waals surface area contributed by atoms with Gasteiger partial charge in [0.25, 0.3) is 0 Å². The minimum absolute atomic E-state index is 0.454. The molecule has 1 aromatic carbocycles. The second kappa shape index (κ2) is 8.71. The van der Waals surface area contributed by atoms with Crippen LogP contribution in [0.3, 0.4) is 0 Å². The molecule has 10 heteroatoms. The van der Waals surface area contributed by atoms with E-state index in [4.69, 9.17) is 20.4 Å². The fourth-order valence-corrected chi connectivity index (χ4v) is 4.51. The third kappa shape index (κ3) is 3.81. The molecule has 0 aliphatic carbocycles. The van der Waals surface area contributed by atoms with E-state index < -0.39 is 0 Å². The SMILES string of the molecule is Nc1nccn1-c1ccc(-c2nc3c(c(N4CCOCC4)n2)CCN(c2ncccn2)C3)cc1. The Morgan fingerprint density at radius 3 is 2.38 bits per heavy atom. The molecule has 0 bridgehead atoms. The number of anilines is 3. The number of rotatable bonds is 4. The molecule has 10 nitrogen and oxygen atoms in total. The third-order valence-electron chi connectivity index (χ3n) is 6.26. The predicted octanol–water partition coefficient (Wildman–Crippen LogP) is 2.10. The topological polar surface area (TPSA) is 111 Å². The zero-order valence-electron chi connectivity index (χ0n) is 18.7. The number of morpholine rings is 1. The summed E-state index contributed by atoms with van der Waals surface area (Å²) in [7, 11) is 0. The van der Waals surface area contributed by atoms with Crippen molar-refractivity contribution in [3.05, 3.63) is 66.4 Å². The molecular weight excluding hydrogens is 430 g/mol. The van der Waals surface area contributed by atoms with Crippen LogP contribution in [0.25, 0.3) is 17.1 Å². The van der Waals surface area contributed by atoms with Crippen LogP contribution in [0, 0.1) is 0 Å². The van der Waals surface area contributed by atoms with Crippen molar-refractivity contribution in [2.45, 2.75) is 13.0 Å². The molecule has 6 rings (SSSR count). The summed E-state index contributed by atoms with van der Waals surface area (Å²) in [5.74, 6) is 2.90. The lowest BCUT2D eigenvalue weighted by molar-refractivity contribution is 0.122. The summed E-state index contributed by atoms with van der Waals surface area (Å²) in [5.41, 5.74) is 10.1. The number of nitrogen functional groups attached to an aromatic ring is 1. The molecular formula is C24H25N9O. The first kappa shape index (κ1) is 20.5. The Morgan fingerprint density at radius 1 is 0.853 bits per heavy atom. The van der Waals surface area contributed by atoms with Crippen LogP contribution in [0.5, 0.6) is 0 Å². The van der Waals surface area contributed by atoms with Gasteiger partial charge < -0.3 is 20.3 Å². The van der Waals surface area contributed by atoms with Gasteiger partial charge in [0.15, 0.2) is 5.82 Å². The molecule has 2 N–H and O–H groups in total. The van der Waals surface area contributed by atoms with Crippen LogP contribution in [-0.4, -0.2) is 62.3 Å². The lowest BCUT2D eigenvalue weighted by atomic mass is 10.0. The van der Waals surface area contributed by atoms with E-state index >= 15 is 0 Å². The van der Waals surface area contributed by atoms with Gasteiger partial charge in [-0.05, 0) is 36.8 Å². The normalized spacial score (nSPS) is 15.9. The zero-order valence-corrected chi connectivity index (χ0v) is 18.7. The largest absolute Gasteiger partial charge is 0.378 e. The van der Waals surface area contributed by atoms with Crippen molar-refractivity contribution in [3.8, 4) is 17.1 Å². The van der Waals surface area contributed by atoms with Crippen molar-refractivity contribution in [3.63, 3.8) is 0 Å². The molecule has 2 aliphatic heterocycles. The van der Waals surface area contributed by atoms with Crippen LogP contribution >= 0.6 is 0 Å². The fourth-order valence-electron chi connectivity index (χ4n) is 4.51. The molecule has 0 unspecified atom stereocenters. The molecule has 0 atom stereocenters. The Labute approximate surface area is 197 Å². The lowest BCUT2D eigenvalue weighted by Gasteiger charge is -2.34. The maximum absolute atomic E-state index is 5.96. The molecule has 0 spiro atoms. The molecule has 0 amide bonds. The van der Waals surface area contributed by atoms with Gasteiger partial charge in [-0.15, -0.1) is 0 Å². The van der Waals surface area contributed by atoms with Crippen LogP contribution in [-0.2, 0) is 17.7 Å². The van der Waals surface area contributed by atoms with Gasteiger partial charge in [0.05, 0.1) is 25.5 Å².